The van der Waals surface area contributed by atoms with E-state index in [4.69, 9.17) is 0 Å². The van der Waals surface area contributed by atoms with Gasteiger partial charge in [0.05, 0.1) is 6.20 Å². The van der Waals surface area contributed by atoms with Crippen LogP contribution in [-0.4, -0.2) is 27.4 Å². The zero-order valence-corrected chi connectivity index (χ0v) is 10.8. The quantitative estimate of drug-likeness (QED) is 0.902. The van der Waals surface area contributed by atoms with Gasteiger partial charge in [-0.1, -0.05) is 35.0 Å². The van der Waals surface area contributed by atoms with Crippen LogP contribution in [-0.2, 0) is 11.3 Å². The molecule has 0 aliphatic carbocycles. The van der Waals surface area contributed by atoms with Gasteiger partial charge in [-0.05, 0) is 6.92 Å². The number of rotatable bonds is 3. The highest BCUT2D eigenvalue weighted by atomic mass is 16.1. The van der Waals surface area contributed by atoms with Gasteiger partial charge in [0.15, 0.2) is 0 Å². The molecule has 0 spiro atoms. The van der Waals surface area contributed by atoms with Crippen LogP contribution in [0.3, 0.4) is 0 Å². The van der Waals surface area contributed by atoms with E-state index >= 15 is 0 Å². The highest BCUT2D eigenvalue weighted by Gasteiger charge is 2.22. The first-order chi connectivity index (χ1) is 9.20. The Balaban J connectivity index is 1.72. The van der Waals surface area contributed by atoms with Gasteiger partial charge in [0.2, 0.25) is 5.91 Å². The first-order valence-corrected chi connectivity index (χ1v) is 6.44. The van der Waals surface area contributed by atoms with Crippen LogP contribution in [0, 0.1) is 12.8 Å². The molecule has 1 saturated heterocycles. The second-order valence-electron chi connectivity index (χ2n) is 5.07. The van der Waals surface area contributed by atoms with Gasteiger partial charge in [-0.3, -0.25) is 9.48 Å². The molecular formula is C14H16N4O. The number of aryl methyl sites for hydroxylation is 1. The van der Waals surface area contributed by atoms with Crippen molar-refractivity contribution in [3.8, 4) is 11.3 Å². The lowest BCUT2D eigenvalue weighted by Crippen LogP contribution is -2.16. The maximum Gasteiger partial charge on any atom is 0.220 e. The Morgan fingerprint density at radius 1 is 1.37 bits per heavy atom. The molecule has 3 rings (SSSR count). The normalized spacial score (nSPS) is 18.6. The molecule has 19 heavy (non-hydrogen) atoms. The van der Waals surface area contributed by atoms with Gasteiger partial charge in [-0.2, -0.15) is 0 Å². The van der Waals surface area contributed by atoms with Crippen molar-refractivity contribution in [2.75, 3.05) is 6.54 Å². The molecule has 1 aliphatic heterocycles. The van der Waals surface area contributed by atoms with Crippen molar-refractivity contribution in [2.24, 2.45) is 5.92 Å². The summed E-state index contributed by atoms with van der Waals surface area (Å²) in [4.78, 5) is 11.1. The van der Waals surface area contributed by atoms with Gasteiger partial charge in [-0.25, -0.2) is 0 Å². The molecule has 5 heteroatoms. The average Bonchev–Trinajstić information content (AvgIpc) is 3.00. The number of carbonyl (C=O) groups is 1. The number of benzene rings is 1. The van der Waals surface area contributed by atoms with Crippen molar-refractivity contribution in [2.45, 2.75) is 19.9 Å². The minimum Gasteiger partial charge on any atom is -0.356 e. The number of aromatic nitrogens is 3. The zero-order chi connectivity index (χ0) is 13.2. The fourth-order valence-corrected chi connectivity index (χ4v) is 2.30. The maximum atomic E-state index is 11.1. The molecule has 1 fully saturated rings. The monoisotopic (exact) mass is 256 g/mol. The van der Waals surface area contributed by atoms with E-state index in [1.165, 1.54) is 5.56 Å². The van der Waals surface area contributed by atoms with E-state index < -0.39 is 0 Å². The predicted octanol–water partition coefficient (Wildman–Crippen LogP) is 1.39. The van der Waals surface area contributed by atoms with E-state index in [9.17, 15) is 4.79 Å². The standard InChI is InChI=1S/C14H16N4O/c1-10-2-4-12(5-3-10)13-9-18(17-16-13)8-11-6-14(19)15-7-11/h2-5,9,11H,6-8H2,1H3,(H,15,19). The molecule has 1 unspecified atom stereocenters. The molecule has 0 bridgehead atoms. The summed E-state index contributed by atoms with van der Waals surface area (Å²) in [7, 11) is 0. The summed E-state index contributed by atoms with van der Waals surface area (Å²) in [6, 6.07) is 8.22. The summed E-state index contributed by atoms with van der Waals surface area (Å²) < 4.78 is 1.82. The van der Waals surface area contributed by atoms with Crippen molar-refractivity contribution >= 4 is 5.91 Å². The Hall–Kier alpha value is -2.17. The third kappa shape index (κ3) is 2.65. The largest absolute Gasteiger partial charge is 0.356 e. The highest BCUT2D eigenvalue weighted by Crippen LogP contribution is 2.18. The minimum atomic E-state index is 0.129. The van der Waals surface area contributed by atoms with Crippen LogP contribution in [0.5, 0.6) is 0 Å². The van der Waals surface area contributed by atoms with Crippen molar-refractivity contribution in [3.63, 3.8) is 0 Å². The van der Waals surface area contributed by atoms with Crippen LogP contribution in [0.4, 0.5) is 0 Å². The Morgan fingerprint density at radius 3 is 2.84 bits per heavy atom. The van der Waals surface area contributed by atoms with E-state index in [1.807, 2.05) is 23.0 Å². The average molecular weight is 256 g/mol. The Bertz CT molecular complexity index is 588. The number of hydrogen-bond donors (Lipinski definition) is 1. The topological polar surface area (TPSA) is 59.8 Å². The summed E-state index contributed by atoms with van der Waals surface area (Å²) in [5.74, 6) is 0.448. The molecule has 5 nitrogen and oxygen atoms in total. The van der Waals surface area contributed by atoms with Gasteiger partial charge in [-0.15, -0.1) is 5.10 Å². The van der Waals surface area contributed by atoms with Crippen LogP contribution in [0.2, 0.25) is 0 Å². The van der Waals surface area contributed by atoms with Crippen molar-refractivity contribution in [1.82, 2.24) is 20.3 Å². The lowest BCUT2D eigenvalue weighted by molar-refractivity contribution is -0.119. The fraction of sp³-hybridized carbons (Fsp3) is 0.357. The summed E-state index contributed by atoms with van der Waals surface area (Å²) in [6.07, 6.45) is 2.52. The molecule has 1 N–H and O–H groups in total. The molecule has 1 aromatic heterocycles. The van der Waals surface area contributed by atoms with E-state index in [0.29, 0.717) is 12.3 Å². The molecule has 98 valence electrons. The first kappa shape index (κ1) is 11.9. The van der Waals surface area contributed by atoms with Gasteiger partial charge in [0.25, 0.3) is 0 Å². The van der Waals surface area contributed by atoms with E-state index in [2.05, 4.69) is 34.7 Å². The van der Waals surface area contributed by atoms with Crippen LogP contribution in [0.15, 0.2) is 30.5 Å². The number of hydrogen-bond acceptors (Lipinski definition) is 3. The SMILES string of the molecule is Cc1ccc(-c2cn(CC3CNC(=O)C3)nn2)cc1. The highest BCUT2D eigenvalue weighted by molar-refractivity contribution is 5.78. The second-order valence-corrected chi connectivity index (χ2v) is 5.07. The molecule has 2 aromatic rings. The van der Waals surface area contributed by atoms with Gasteiger partial charge in [0, 0.05) is 31.0 Å². The summed E-state index contributed by atoms with van der Waals surface area (Å²) in [5.41, 5.74) is 3.17. The molecule has 1 atom stereocenters. The van der Waals surface area contributed by atoms with Crippen molar-refractivity contribution < 1.29 is 4.79 Å². The van der Waals surface area contributed by atoms with E-state index in [1.54, 1.807) is 0 Å². The third-order valence-corrected chi connectivity index (χ3v) is 3.39. The maximum absolute atomic E-state index is 11.1. The van der Waals surface area contributed by atoms with Crippen LogP contribution in [0.25, 0.3) is 11.3 Å². The van der Waals surface area contributed by atoms with Crippen LogP contribution in [0.1, 0.15) is 12.0 Å². The molecule has 0 saturated carbocycles. The Morgan fingerprint density at radius 2 is 2.16 bits per heavy atom. The minimum absolute atomic E-state index is 0.129. The van der Waals surface area contributed by atoms with Gasteiger partial charge in [0.1, 0.15) is 5.69 Å². The predicted molar refractivity (Wildman–Crippen MR) is 71.3 cm³/mol. The Labute approximate surface area is 111 Å². The molecule has 2 heterocycles. The lowest BCUT2D eigenvalue weighted by Gasteiger charge is -2.05. The molecule has 0 radical (unpaired) electrons. The van der Waals surface area contributed by atoms with Crippen LogP contribution < -0.4 is 5.32 Å². The lowest BCUT2D eigenvalue weighted by atomic mass is 10.1. The van der Waals surface area contributed by atoms with Gasteiger partial charge < -0.3 is 5.32 Å². The van der Waals surface area contributed by atoms with Crippen molar-refractivity contribution in [3.05, 3.63) is 36.0 Å². The molecule has 1 aromatic carbocycles. The summed E-state index contributed by atoms with van der Waals surface area (Å²) in [6.45, 7) is 3.53. The number of carbonyl (C=O) groups excluding carboxylic acids is 1. The fourth-order valence-electron chi connectivity index (χ4n) is 2.30. The van der Waals surface area contributed by atoms with Crippen LogP contribution >= 0.6 is 0 Å². The smallest absolute Gasteiger partial charge is 0.220 e. The molecule has 1 aliphatic rings. The number of nitrogens with zero attached hydrogens (tertiary/aromatic N) is 3. The van der Waals surface area contributed by atoms with E-state index in [-0.39, 0.29) is 5.91 Å². The molecule has 1 amide bonds. The summed E-state index contributed by atoms with van der Waals surface area (Å²) >= 11 is 0. The summed E-state index contributed by atoms with van der Waals surface area (Å²) in [5, 5.41) is 11.2. The van der Waals surface area contributed by atoms with E-state index in [0.717, 1.165) is 24.3 Å². The zero-order valence-electron chi connectivity index (χ0n) is 10.8. The van der Waals surface area contributed by atoms with Crippen molar-refractivity contribution in [1.29, 1.82) is 0 Å². The number of nitrogens with one attached hydrogen (secondary N) is 1. The second kappa shape index (κ2) is 4.84. The molecular weight excluding hydrogens is 240 g/mol. The number of amides is 1. The third-order valence-electron chi connectivity index (χ3n) is 3.39. The van der Waals surface area contributed by atoms with Gasteiger partial charge >= 0.3 is 0 Å². The first-order valence-electron chi connectivity index (χ1n) is 6.44. The Kier molecular flexibility index (Phi) is 3.03.